The molecule has 0 spiro atoms. The highest BCUT2D eigenvalue weighted by Gasteiger charge is 2.68. The summed E-state index contributed by atoms with van der Waals surface area (Å²) in [5.41, 5.74) is 0.161. The van der Waals surface area contributed by atoms with Gasteiger partial charge in [0.05, 0.1) is 6.10 Å². The van der Waals surface area contributed by atoms with Gasteiger partial charge in [-0.3, -0.25) is 4.79 Å². The molecular formula is C12H23NO2. The van der Waals surface area contributed by atoms with Crippen LogP contribution in [0.1, 0.15) is 34.6 Å². The number of amides is 1. The van der Waals surface area contributed by atoms with Gasteiger partial charge in [-0.2, -0.15) is 0 Å². The van der Waals surface area contributed by atoms with Crippen LogP contribution in [0.15, 0.2) is 0 Å². The Balaban J connectivity index is 2.65. The lowest BCUT2D eigenvalue weighted by Gasteiger charge is -2.19. The molecule has 0 aromatic heterocycles. The van der Waals surface area contributed by atoms with E-state index in [1.807, 2.05) is 0 Å². The molecule has 3 heteroatoms. The van der Waals surface area contributed by atoms with Crippen LogP contribution in [0.3, 0.4) is 0 Å². The molecule has 1 aliphatic rings. The van der Waals surface area contributed by atoms with Crippen molar-refractivity contribution in [3.05, 3.63) is 0 Å². The molecule has 0 heterocycles. The van der Waals surface area contributed by atoms with Crippen LogP contribution in [0.4, 0.5) is 0 Å². The maximum Gasteiger partial charge on any atom is 0.226 e. The van der Waals surface area contributed by atoms with Crippen molar-refractivity contribution in [3.63, 3.8) is 0 Å². The van der Waals surface area contributed by atoms with Crippen LogP contribution >= 0.6 is 0 Å². The number of aliphatic hydroxyl groups is 1. The Morgan fingerprint density at radius 3 is 2.00 bits per heavy atom. The predicted molar refractivity (Wildman–Crippen MR) is 60.4 cm³/mol. The van der Waals surface area contributed by atoms with Gasteiger partial charge in [0.2, 0.25) is 5.91 Å². The molecule has 0 bridgehead atoms. The molecule has 0 aromatic rings. The van der Waals surface area contributed by atoms with Gasteiger partial charge in [-0.1, -0.05) is 27.7 Å². The zero-order valence-corrected chi connectivity index (χ0v) is 10.7. The summed E-state index contributed by atoms with van der Waals surface area (Å²) in [5, 5.41) is 9.24. The lowest BCUT2D eigenvalue weighted by atomic mass is 10.0. The molecule has 88 valence electrons. The maximum atomic E-state index is 12.1. The van der Waals surface area contributed by atoms with E-state index < -0.39 is 6.10 Å². The van der Waals surface area contributed by atoms with Gasteiger partial charge in [-0.05, 0) is 17.8 Å². The molecule has 15 heavy (non-hydrogen) atoms. The Labute approximate surface area is 92.5 Å². The average molecular weight is 213 g/mol. The van der Waals surface area contributed by atoms with Crippen molar-refractivity contribution >= 4 is 5.91 Å². The highest BCUT2D eigenvalue weighted by atomic mass is 16.3. The number of carbonyl (C=O) groups excluding carboxylic acids is 1. The fraction of sp³-hybridized carbons (Fsp3) is 0.917. The lowest BCUT2D eigenvalue weighted by Crippen LogP contribution is -2.35. The van der Waals surface area contributed by atoms with Gasteiger partial charge in [0.1, 0.15) is 0 Å². The average Bonchev–Trinajstić information content (AvgIpc) is 2.40. The van der Waals surface area contributed by atoms with Crippen molar-refractivity contribution in [1.29, 1.82) is 0 Å². The van der Waals surface area contributed by atoms with Crippen LogP contribution in [0.25, 0.3) is 0 Å². The van der Waals surface area contributed by atoms with E-state index in [4.69, 9.17) is 0 Å². The van der Waals surface area contributed by atoms with Crippen LogP contribution < -0.4 is 0 Å². The molecule has 1 aliphatic carbocycles. The van der Waals surface area contributed by atoms with Gasteiger partial charge < -0.3 is 10.0 Å². The highest BCUT2D eigenvalue weighted by molar-refractivity contribution is 5.84. The molecular weight excluding hydrogens is 190 g/mol. The van der Waals surface area contributed by atoms with Crippen LogP contribution in [-0.4, -0.2) is 35.6 Å². The summed E-state index contributed by atoms with van der Waals surface area (Å²) in [6.45, 7) is 10.6. The second-order valence-electron chi connectivity index (χ2n) is 5.94. The number of hydrogen-bond donors (Lipinski definition) is 1. The number of likely N-dealkylation sites (N-methyl/N-ethyl adjacent to an activating group) is 1. The zero-order chi connectivity index (χ0) is 12.0. The van der Waals surface area contributed by atoms with Gasteiger partial charge >= 0.3 is 0 Å². The van der Waals surface area contributed by atoms with Gasteiger partial charge in [0.25, 0.3) is 0 Å². The third-order valence-corrected chi connectivity index (χ3v) is 4.18. The first kappa shape index (κ1) is 12.5. The molecule has 1 atom stereocenters. The Bertz CT molecular complexity index is 255. The molecule has 0 aromatic carbocycles. The summed E-state index contributed by atoms with van der Waals surface area (Å²) < 4.78 is 0. The minimum Gasteiger partial charge on any atom is -0.392 e. The fourth-order valence-electron chi connectivity index (χ4n) is 2.52. The van der Waals surface area contributed by atoms with E-state index >= 15 is 0 Å². The standard InChI is InChI=1S/C12H23NO2/c1-8(14)7-13(6)10(15)9-11(2,3)12(9,4)5/h8-9,14H,7H2,1-6H3. The number of hydrogen-bond acceptors (Lipinski definition) is 2. The molecule has 1 saturated carbocycles. The number of aliphatic hydroxyl groups excluding tert-OH is 1. The number of carbonyl (C=O) groups is 1. The first-order valence-corrected chi connectivity index (χ1v) is 5.55. The van der Waals surface area contributed by atoms with E-state index in [2.05, 4.69) is 27.7 Å². The van der Waals surface area contributed by atoms with Crippen molar-refractivity contribution in [2.45, 2.75) is 40.7 Å². The van der Waals surface area contributed by atoms with E-state index in [0.29, 0.717) is 6.54 Å². The molecule has 1 amide bonds. The van der Waals surface area contributed by atoms with E-state index in [1.165, 1.54) is 0 Å². The molecule has 1 fully saturated rings. The number of rotatable bonds is 3. The second-order valence-corrected chi connectivity index (χ2v) is 5.94. The summed E-state index contributed by atoms with van der Waals surface area (Å²) in [7, 11) is 1.76. The van der Waals surface area contributed by atoms with Gasteiger partial charge in [0, 0.05) is 19.5 Å². The molecule has 0 saturated heterocycles. The molecule has 1 rings (SSSR count). The molecule has 0 aliphatic heterocycles. The van der Waals surface area contributed by atoms with Crippen LogP contribution in [-0.2, 0) is 4.79 Å². The Hall–Kier alpha value is -0.570. The summed E-state index contributed by atoms with van der Waals surface area (Å²) in [5.74, 6) is 0.250. The normalized spacial score (nSPS) is 24.7. The predicted octanol–water partition coefficient (Wildman–Crippen LogP) is 1.51. The SMILES string of the molecule is CC(O)CN(C)C(=O)C1C(C)(C)C1(C)C. The molecule has 1 N–H and O–H groups in total. The van der Waals surface area contributed by atoms with Crippen molar-refractivity contribution in [3.8, 4) is 0 Å². The van der Waals surface area contributed by atoms with Gasteiger partial charge in [-0.15, -0.1) is 0 Å². The third-order valence-electron chi connectivity index (χ3n) is 4.18. The summed E-state index contributed by atoms with van der Waals surface area (Å²) in [6.07, 6.45) is -0.455. The van der Waals surface area contributed by atoms with Gasteiger partial charge in [0.15, 0.2) is 0 Å². The van der Waals surface area contributed by atoms with Crippen molar-refractivity contribution in [1.82, 2.24) is 4.90 Å². The van der Waals surface area contributed by atoms with Crippen LogP contribution in [0, 0.1) is 16.7 Å². The monoisotopic (exact) mass is 213 g/mol. The molecule has 0 radical (unpaired) electrons. The Morgan fingerprint density at radius 2 is 1.73 bits per heavy atom. The van der Waals surface area contributed by atoms with Crippen LogP contribution in [0.5, 0.6) is 0 Å². The van der Waals surface area contributed by atoms with Crippen molar-refractivity contribution in [2.24, 2.45) is 16.7 Å². The van der Waals surface area contributed by atoms with E-state index in [9.17, 15) is 9.90 Å². The second kappa shape index (κ2) is 3.48. The van der Waals surface area contributed by atoms with E-state index in [0.717, 1.165) is 0 Å². The fourth-order valence-corrected chi connectivity index (χ4v) is 2.52. The lowest BCUT2D eigenvalue weighted by molar-refractivity contribution is -0.133. The Kier molecular flexibility index (Phi) is 2.90. The Morgan fingerprint density at radius 1 is 1.33 bits per heavy atom. The van der Waals surface area contributed by atoms with E-state index in [-0.39, 0.29) is 22.7 Å². The first-order valence-electron chi connectivity index (χ1n) is 5.55. The third kappa shape index (κ3) is 1.89. The van der Waals surface area contributed by atoms with Gasteiger partial charge in [-0.25, -0.2) is 0 Å². The summed E-state index contributed by atoms with van der Waals surface area (Å²) in [4.78, 5) is 13.7. The minimum absolute atomic E-state index is 0.0804. The quantitative estimate of drug-likeness (QED) is 0.772. The highest BCUT2D eigenvalue weighted by Crippen LogP contribution is 2.68. The van der Waals surface area contributed by atoms with Crippen LogP contribution in [0.2, 0.25) is 0 Å². The topological polar surface area (TPSA) is 40.5 Å². The maximum absolute atomic E-state index is 12.1. The molecule has 1 unspecified atom stereocenters. The minimum atomic E-state index is -0.455. The molecule has 3 nitrogen and oxygen atoms in total. The van der Waals surface area contributed by atoms with Crippen molar-refractivity contribution < 1.29 is 9.90 Å². The largest absolute Gasteiger partial charge is 0.392 e. The van der Waals surface area contributed by atoms with E-state index in [1.54, 1.807) is 18.9 Å². The first-order chi connectivity index (χ1) is 6.62. The van der Waals surface area contributed by atoms with Crippen molar-refractivity contribution in [2.75, 3.05) is 13.6 Å². The smallest absolute Gasteiger partial charge is 0.226 e. The summed E-state index contributed by atoms with van der Waals surface area (Å²) >= 11 is 0. The number of nitrogens with zero attached hydrogens (tertiary/aromatic N) is 1. The summed E-state index contributed by atoms with van der Waals surface area (Å²) in [6, 6.07) is 0. The zero-order valence-electron chi connectivity index (χ0n) is 10.7.